The lowest BCUT2D eigenvalue weighted by Crippen LogP contribution is -2.11. The molecule has 2 aliphatic rings. The van der Waals surface area contributed by atoms with Crippen LogP contribution in [0.4, 0.5) is 5.69 Å². The first-order chi connectivity index (χ1) is 48.8. The van der Waals surface area contributed by atoms with E-state index in [0.29, 0.717) is 61.0 Å². The number of amides is 1. The molecule has 14 heteroatoms. The number of rotatable bonds is 6. The summed E-state index contributed by atoms with van der Waals surface area (Å²) < 4.78 is 0. The molecule has 1 amide bonds. The fourth-order valence-electron chi connectivity index (χ4n) is 13.7. The molecular formula is C87H75N3O11. The van der Waals surface area contributed by atoms with Gasteiger partial charge in [0.2, 0.25) is 5.91 Å². The smallest absolute Gasteiger partial charge is 0.249 e. The standard InChI is InChI=1S/C23H15NO3.C20H16O2.C18H21NO2.C14H12O2.C12H11NO2/c24-23(27)16-11-12-5-1-2-6-13(12)19-14-7-3-9-17(25)21(14)22-15(20(16)19)8-4-10-18(22)26;21-19-9-5-4-8-17(19)18-14-16(12-13-20(18)22)11-10-15-6-2-1-3-7-15;1-10-6-7-14-13(11(2)19)8-9-16(21)18(14)17-12(10)4-3-5-15(17)20;15-11-5-1-3-9-7-8-10-4-2-6-12(16)14(10)13(9)11;13-8-5-6-12(15)10(7-8)9-3-1-2-4-11(9)14/h1-11,25-26H,(H2,24,27);1-14,21-22H;3-5,8-11,20-21H,6-7,19H2,1-2H3;1-6,15-16H,7-8H2;1-7,14-15H,13H2/b;11-10+;;;. The summed E-state index contributed by atoms with van der Waals surface area (Å²) in [7, 11) is 0. The number of phenols is 10. The van der Waals surface area contributed by atoms with Gasteiger partial charge in [0.15, 0.2) is 0 Å². The van der Waals surface area contributed by atoms with Crippen LogP contribution >= 0.6 is 0 Å². The molecule has 0 saturated carbocycles. The second kappa shape index (κ2) is 29.4. The lowest BCUT2D eigenvalue weighted by Gasteiger charge is -2.21. The molecule has 16 rings (SSSR count). The Labute approximate surface area is 583 Å². The third-order valence-electron chi connectivity index (χ3n) is 18.6. The first-order valence-corrected chi connectivity index (χ1v) is 33.0. The molecule has 0 spiro atoms. The van der Waals surface area contributed by atoms with Crippen molar-refractivity contribution in [2.24, 2.45) is 11.5 Å². The molecule has 16 N–H and O–H groups in total. The van der Waals surface area contributed by atoms with Crippen LogP contribution in [-0.4, -0.2) is 57.0 Å². The van der Waals surface area contributed by atoms with Crippen LogP contribution in [0.25, 0.3) is 99.7 Å². The number of benzene rings is 14. The molecule has 2 aliphatic carbocycles. The van der Waals surface area contributed by atoms with Crippen LogP contribution in [0.3, 0.4) is 0 Å². The van der Waals surface area contributed by atoms with Crippen molar-refractivity contribution in [3.8, 4) is 102 Å². The highest BCUT2D eigenvalue weighted by Crippen LogP contribution is 2.50. The lowest BCUT2D eigenvalue weighted by atomic mass is 9.84. The quantitative estimate of drug-likeness (QED) is 0.0319. The Morgan fingerprint density at radius 3 is 1.45 bits per heavy atom. The van der Waals surface area contributed by atoms with Crippen LogP contribution in [0.15, 0.2) is 249 Å². The van der Waals surface area contributed by atoms with E-state index in [2.05, 4.69) is 6.92 Å². The van der Waals surface area contributed by atoms with E-state index in [1.54, 1.807) is 115 Å². The van der Waals surface area contributed by atoms with Crippen LogP contribution < -0.4 is 17.2 Å². The van der Waals surface area contributed by atoms with Crippen molar-refractivity contribution in [2.45, 2.75) is 51.5 Å². The zero-order valence-electron chi connectivity index (χ0n) is 55.4. The van der Waals surface area contributed by atoms with Crippen LogP contribution in [0.5, 0.6) is 57.5 Å². The van der Waals surface area contributed by atoms with Crippen molar-refractivity contribution in [3.05, 3.63) is 293 Å². The van der Waals surface area contributed by atoms with Crippen molar-refractivity contribution in [3.63, 3.8) is 0 Å². The summed E-state index contributed by atoms with van der Waals surface area (Å²) in [5.74, 6) is 1.39. The minimum atomic E-state index is -0.533. The fourth-order valence-corrected chi connectivity index (χ4v) is 13.7. The molecule has 0 saturated heterocycles. The summed E-state index contributed by atoms with van der Waals surface area (Å²) >= 11 is 0. The first kappa shape index (κ1) is 68.0. The van der Waals surface area contributed by atoms with E-state index in [1.165, 1.54) is 6.07 Å². The van der Waals surface area contributed by atoms with Gasteiger partial charge in [-0.2, -0.15) is 0 Å². The predicted octanol–water partition coefficient (Wildman–Crippen LogP) is 18.8. The summed E-state index contributed by atoms with van der Waals surface area (Å²) in [6.45, 7) is 4.11. The number of anilines is 1. The monoisotopic (exact) mass is 1340 g/mol. The Bertz CT molecular complexity index is 5440. The van der Waals surface area contributed by atoms with Gasteiger partial charge in [0.25, 0.3) is 0 Å². The molecule has 101 heavy (non-hydrogen) atoms. The van der Waals surface area contributed by atoms with Gasteiger partial charge in [-0.05, 0) is 189 Å². The van der Waals surface area contributed by atoms with E-state index < -0.39 is 5.91 Å². The number of aromatic hydroxyl groups is 10. The fraction of sp³-hybridized carbons (Fsp3) is 0.0920. The second-order valence-corrected chi connectivity index (χ2v) is 25.1. The van der Waals surface area contributed by atoms with Crippen LogP contribution in [-0.2, 0) is 19.3 Å². The topological polar surface area (TPSA) is 297 Å². The highest BCUT2D eigenvalue weighted by Gasteiger charge is 2.28. The number of carbonyl (C=O) groups is 1. The average Bonchev–Trinajstić information content (AvgIpc) is 1.13. The Kier molecular flexibility index (Phi) is 19.8. The van der Waals surface area contributed by atoms with Gasteiger partial charge in [-0.15, -0.1) is 0 Å². The van der Waals surface area contributed by atoms with Gasteiger partial charge in [0.05, 0.1) is 0 Å². The Morgan fingerprint density at radius 2 is 0.851 bits per heavy atom. The number of hydrogen-bond acceptors (Lipinski definition) is 13. The zero-order chi connectivity index (χ0) is 71.2. The van der Waals surface area contributed by atoms with E-state index in [1.807, 2.05) is 146 Å². The number of para-hydroxylation sites is 2. The van der Waals surface area contributed by atoms with Gasteiger partial charge in [-0.1, -0.05) is 183 Å². The van der Waals surface area contributed by atoms with Gasteiger partial charge in [-0.25, -0.2) is 0 Å². The van der Waals surface area contributed by atoms with Crippen LogP contribution in [0.1, 0.15) is 81.5 Å². The second-order valence-electron chi connectivity index (χ2n) is 25.1. The number of fused-ring (bicyclic) bond motifs is 14. The molecule has 0 aromatic heterocycles. The number of aryl methyl sites for hydroxylation is 2. The van der Waals surface area contributed by atoms with Crippen LogP contribution in [0, 0.1) is 0 Å². The van der Waals surface area contributed by atoms with Crippen molar-refractivity contribution >= 4 is 66.8 Å². The number of carbonyl (C=O) groups excluding carboxylic acids is 1. The first-order valence-electron chi connectivity index (χ1n) is 33.0. The lowest BCUT2D eigenvalue weighted by molar-refractivity contribution is 0.100. The van der Waals surface area contributed by atoms with E-state index in [4.69, 9.17) is 17.2 Å². The van der Waals surface area contributed by atoms with Gasteiger partial charge in [0.1, 0.15) is 57.5 Å². The van der Waals surface area contributed by atoms with E-state index in [0.717, 1.165) is 108 Å². The van der Waals surface area contributed by atoms with E-state index >= 15 is 0 Å². The number of nitrogen functional groups attached to an aromatic ring is 1. The van der Waals surface area contributed by atoms with Crippen LogP contribution in [0.2, 0.25) is 0 Å². The average molecular weight is 1340 g/mol. The third kappa shape index (κ3) is 14.0. The molecule has 14 aromatic rings. The minimum Gasteiger partial charge on any atom is -0.507 e. The van der Waals surface area contributed by atoms with Gasteiger partial charge >= 0.3 is 0 Å². The maximum Gasteiger partial charge on any atom is 0.249 e. The van der Waals surface area contributed by atoms with Crippen molar-refractivity contribution in [2.75, 3.05) is 5.73 Å². The number of nitrogens with two attached hydrogens (primary N) is 3. The normalized spacial score (nSPS) is 12.9. The Hall–Kier alpha value is -12.9. The molecule has 0 aliphatic heterocycles. The predicted molar refractivity (Wildman–Crippen MR) is 406 cm³/mol. The molecule has 14 nitrogen and oxygen atoms in total. The van der Waals surface area contributed by atoms with E-state index in [9.17, 15) is 55.9 Å². The molecule has 2 atom stereocenters. The van der Waals surface area contributed by atoms with Gasteiger partial charge in [-0.3, -0.25) is 4.79 Å². The molecule has 2 unspecified atom stereocenters. The van der Waals surface area contributed by atoms with Crippen molar-refractivity contribution in [1.29, 1.82) is 0 Å². The molecule has 0 fully saturated rings. The molecular weight excluding hydrogens is 1260 g/mol. The Morgan fingerprint density at radius 1 is 0.396 bits per heavy atom. The maximum atomic E-state index is 12.3. The SMILES string of the molecule is CC(N)c1ccc(O)c2c1CCC(C)c1cccc(O)c1-2.NC(=O)c1cc2ccccc2c2c3cccc(O)c3c3c(O)cccc3c12.Nc1ccc(O)c(-c2ccccc2O)c1.Oc1cccc2c1-c1c(O)cccc1CC2.Oc1ccccc1-c1cc(/C=C/c2ccccc2)ccc1O. The summed E-state index contributed by atoms with van der Waals surface area (Å²) in [6.07, 6.45) is 7.67. The zero-order valence-corrected chi connectivity index (χ0v) is 55.4. The van der Waals surface area contributed by atoms with Gasteiger partial charge < -0.3 is 68.3 Å². The van der Waals surface area contributed by atoms with Crippen molar-refractivity contribution in [1.82, 2.24) is 0 Å². The molecule has 504 valence electrons. The summed E-state index contributed by atoms with van der Waals surface area (Å²) in [6, 6.07) is 74.0. The number of primary amides is 1. The molecule has 0 heterocycles. The summed E-state index contributed by atoms with van der Waals surface area (Å²) in [5, 5.41) is 107. The summed E-state index contributed by atoms with van der Waals surface area (Å²) in [4.78, 5) is 12.3. The maximum absolute atomic E-state index is 12.3. The van der Waals surface area contributed by atoms with E-state index in [-0.39, 0.29) is 63.5 Å². The minimum absolute atomic E-state index is 0.0458. The largest absolute Gasteiger partial charge is 0.507 e. The summed E-state index contributed by atoms with van der Waals surface area (Å²) in [5.41, 5.74) is 31.3. The molecule has 0 radical (unpaired) electrons. The number of phenolic OH excluding ortho intramolecular Hbond substituents is 10. The van der Waals surface area contributed by atoms with Gasteiger partial charge in [0, 0.05) is 78.0 Å². The molecule has 14 aromatic carbocycles. The number of hydrogen-bond donors (Lipinski definition) is 13. The highest BCUT2D eigenvalue weighted by atomic mass is 16.3. The third-order valence-corrected chi connectivity index (χ3v) is 18.6. The highest BCUT2D eigenvalue weighted by molar-refractivity contribution is 6.36. The Balaban J connectivity index is 0.000000121. The molecule has 0 bridgehead atoms. The van der Waals surface area contributed by atoms with Crippen molar-refractivity contribution < 1.29 is 55.9 Å².